The number of carbonyl (C=O) groups is 1. The van der Waals surface area contributed by atoms with Crippen LogP contribution in [0, 0.1) is 0 Å². The molecule has 3 aliphatic rings. The summed E-state index contributed by atoms with van der Waals surface area (Å²) in [5.41, 5.74) is 0.635. The van der Waals surface area contributed by atoms with Crippen LogP contribution in [0.3, 0.4) is 0 Å². The lowest BCUT2D eigenvalue weighted by molar-refractivity contribution is -0.111. The van der Waals surface area contributed by atoms with Gasteiger partial charge in [-0.3, -0.25) is 4.79 Å². The third-order valence-corrected chi connectivity index (χ3v) is 4.70. The van der Waals surface area contributed by atoms with Gasteiger partial charge in [0.15, 0.2) is 18.2 Å². The first-order valence-electron chi connectivity index (χ1n) is 5.63. The lowest BCUT2D eigenvalue weighted by atomic mass is 9.86. The van der Waals surface area contributed by atoms with Crippen LogP contribution in [-0.4, -0.2) is 54.7 Å². The average molecular weight is 253 g/mol. The smallest absolute Gasteiger partial charge is 0.190 e. The highest BCUT2D eigenvalue weighted by molar-refractivity contribution is 8.00. The molecule has 0 aromatic carbocycles. The summed E-state index contributed by atoms with van der Waals surface area (Å²) >= 11 is 1.84. The van der Waals surface area contributed by atoms with E-state index in [4.69, 9.17) is 9.47 Å². The van der Waals surface area contributed by atoms with Gasteiger partial charge in [0, 0.05) is 23.6 Å². The van der Waals surface area contributed by atoms with E-state index in [0.717, 1.165) is 17.9 Å². The van der Waals surface area contributed by atoms with Crippen LogP contribution in [0.25, 0.3) is 0 Å². The van der Waals surface area contributed by atoms with Gasteiger partial charge in [-0.25, -0.2) is 0 Å². The van der Waals surface area contributed by atoms with Gasteiger partial charge in [0.2, 0.25) is 0 Å². The molecule has 4 nitrogen and oxygen atoms in total. The van der Waals surface area contributed by atoms with Crippen molar-refractivity contribution in [2.45, 2.75) is 10.9 Å². The van der Waals surface area contributed by atoms with Crippen LogP contribution < -0.4 is 0 Å². The second kappa shape index (κ2) is 3.86. The highest BCUT2D eigenvalue weighted by atomic mass is 32.2. The average Bonchev–Trinajstić information content (AvgIpc) is 2.79. The molecule has 0 N–H and O–H groups in total. The molecule has 1 aliphatic carbocycles. The largest absolute Gasteiger partial charge is 0.468 e. The number of ketones is 1. The molecule has 2 aliphatic heterocycles. The predicted octanol–water partition coefficient (Wildman–Crippen LogP) is 0.799. The van der Waals surface area contributed by atoms with Crippen molar-refractivity contribution < 1.29 is 14.3 Å². The van der Waals surface area contributed by atoms with Crippen LogP contribution in [0.15, 0.2) is 23.5 Å². The Morgan fingerprint density at radius 1 is 1.53 bits per heavy atom. The monoisotopic (exact) mass is 253 g/mol. The van der Waals surface area contributed by atoms with Gasteiger partial charge >= 0.3 is 0 Å². The molecule has 0 bridgehead atoms. The Hall–Kier alpha value is -0.780. The van der Waals surface area contributed by atoms with Crippen molar-refractivity contribution in [2.24, 2.45) is 0 Å². The summed E-state index contributed by atoms with van der Waals surface area (Å²) < 4.78 is 11.2. The minimum atomic E-state index is -0.445. The van der Waals surface area contributed by atoms with Crippen LogP contribution in [0.2, 0.25) is 0 Å². The minimum Gasteiger partial charge on any atom is -0.468 e. The molecule has 92 valence electrons. The molecule has 2 heterocycles. The zero-order chi connectivity index (χ0) is 12.0. The Bertz CT molecular complexity index is 429. The molecule has 0 aromatic heterocycles. The van der Waals surface area contributed by atoms with Gasteiger partial charge in [-0.1, -0.05) is 0 Å². The number of allylic oxidation sites excluding steroid dienone is 2. The SMILES string of the molecule is CN(C)CC1SCC23OCOC2=CC(=O)C=C13. The van der Waals surface area contributed by atoms with Gasteiger partial charge in [-0.2, -0.15) is 0 Å². The van der Waals surface area contributed by atoms with Crippen LogP contribution in [0.5, 0.6) is 0 Å². The fourth-order valence-electron chi connectivity index (χ4n) is 2.55. The van der Waals surface area contributed by atoms with Crippen molar-refractivity contribution in [3.63, 3.8) is 0 Å². The second-order valence-corrected chi connectivity index (χ2v) is 6.00. The number of carbonyl (C=O) groups excluding carboxylic acids is 1. The van der Waals surface area contributed by atoms with Crippen molar-refractivity contribution in [3.8, 4) is 0 Å². The molecule has 0 saturated carbocycles. The zero-order valence-electron chi connectivity index (χ0n) is 9.93. The maximum Gasteiger partial charge on any atom is 0.190 e. The molecule has 5 heteroatoms. The van der Waals surface area contributed by atoms with E-state index in [-0.39, 0.29) is 12.6 Å². The van der Waals surface area contributed by atoms with Gasteiger partial charge in [0.05, 0.1) is 0 Å². The topological polar surface area (TPSA) is 38.8 Å². The third kappa shape index (κ3) is 1.64. The number of hydrogen-bond donors (Lipinski definition) is 0. The van der Waals surface area contributed by atoms with E-state index < -0.39 is 5.60 Å². The molecule has 3 rings (SSSR count). The number of hydrogen-bond acceptors (Lipinski definition) is 5. The molecule has 0 amide bonds. The summed E-state index contributed by atoms with van der Waals surface area (Å²) in [5, 5.41) is 0.319. The van der Waals surface area contributed by atoms with Crippen LogP contribution in [-0.2, 0) is 14.3 Å². The number of thioether (sulfide) groups is 1. The van der Waals surface area contributed by atoms with E-state index >= 15 is 0 Å². The third-order valence-electron chi connectivity index (χ3n) is 3.32. The van der Waals surface area contributed by atoms with Crippen molar-refractivity contribution in [3.05, 3.63) is 23.5 Å². The standard InChI is InChI=1S/C12H15NO3S/c1-13(2)5-10-9-3-8(14)4-11-12(9,6-17-10)16-7-15-11/h3-4,10H,5-7H2,1-2H3. The lowest BCUT2D eigenvalue weighted by Crippen LogP contribution is -2.37. The van der Waals surface area contributed by atoms with E-state index in [1.807, 2.05) is 25.9 Å². The number of nitrogens with zero attached hydrogens (tertiary/aromatic N) is 1. The number of rotatable bonds is 2. The molecule has 2 atom stereocenters. The maximum absolute atomic E-state index is 11.7. The quantitative estimate of drug-likeness (QED) is 0.728. The van der Waals surface area contributed by atoms with Crippen LogP contribution in [0.4, 0.5) is 0 Å². The van der Waals surface area contributed by atoms with Gasteiger partial charge in [0.1, 0.15) is 5.76 Å². The first kappa shape index (κ1) is 11.3. The molecule has 2 saturated heterocycles. The van der Waals surface area contributed by atoms with Gasteiger partial charge < -0.3 is 14.4 Å². The highest BCUT2D eigenvalue weighted by Gasteiger charge is 2.54. The molecule has 1 spiro atoms. The first-order valence-corrected chi connectivity index (χ1v) is 6.68. The van der Waals surface area contributed by atoms with Crippen molar-refractivity contribution in [2.75, 3.05) is 33.2 Å². The molecule has 2 unspecified atom stereocenters. The van der Waals surface area contributed by atoms with Crippen molar-refractivity contribution in [1.82, 2.24) is 4.90 Å². The summed E-state index contributed by atoms with van der Waals surface area (Å²) in [7, 11) is 4.08. The summed E-state index contributed by atoms with van der Waals surface area (Å²) in [6.45, 7) is 1.17. The second-order valence-electron chi connectivity index (χ2n) is 4.81. The fourth-order valence-corrected chi connectivity index (χ4v) is 4.22. The molecular weight excluding hydrogens is 238 g/mol. The summed E-state index contributed by atoms with van der Waals surface area (Å²) in [6, 6.07) is 0. The van der Waals surface area contributed by atoms with E-state index in [0.29, 0.717) is 11.0 Å². The Labute approximate surface area is 105 Å². The molecule has 0 aromatic rings. The molecule has 2 fully saturated rings. The first-order chi connectivity index (χ1) is 8.12. The molecular formula is C12H15NO3S. The predicted molar refractivity (Wildman–Crippen MR) is 65.7 cm³/mol. The van der Waals surface area contributed by atoms with Crippen LogP contribution >= 0.6 is 11.8 Å². The maximum atomic E-state index is 11.7. The van der Waals surface area contributed by atoms with E-state index in [2.05, 4.69) is 4.90 Å². The summed E-state index contributed by atoms with van der Waals surface area (Å²) in [5.74, 6) is 1.56. The van der Waals surface area contributed by atoms with Gasteiger partial charge in [-0.05, 0) is 25.7 Å². The fraction of sp³-hybridized carbons (Fsp3) is 0.583. The zero-order valence-corrected chi connectivity index (χ0v) is 10.8. The normalized spacial score (nSPS) is 35.2. The van der Waals surface area contributed by atoms with Crippen molar-refractivity contribution in [1.29, 1.82) is 0 Å². The molecule has 0 radical (unpaired) electrons. The van der Waals surface area contributed by atoms with E-state index in [9.17, 15) is 4.79 Å². The summed E-state index contributed by atoms with van der Waals surface area (Å²) in [6.07, 6.45) is 3.29. The Kier molecular flexibility index (Phi) is 2.57. The Morgan fingerprint density at radius 3 is 3.12 bits per heavy atom. The Balaban J connectivity index is 1.96. The summed E-state index contributed by atoms with van der Waals surface area (Å²) in [4.78, 5) is 13.8. The van der Waals surface area contributed by atoms with Crippen molar-refractivity contribution >= 4 is 17.5 Å². The van der Waals surface area contributed by atoms with Gasteiger partial charge in [0.25, 0.3) is 0 Å². The molecule has 17 heavy (non-hydrogen) atoms. The van der Waals surface area contributed by atoms with Gasteiger partial charge in [-0.15, -0.1) is 11.8 Å². The minimum absolute atomic E-state index is 0.0161. The lowest BCUT2D eigenvalue weighted by Gasteiger charge is -2.27. The van der Waals surface area contributed by atoms with E-state index in [1.165, 1.54) is 0 Å². The van der Waals surface area contributed by atoms with E-state index in [1.54, 1.807) is 12.2 Å². The highest BCUT2D eigenvalue weighted by Crippen LogP contribution is 2.50. The van der Waals surface area contributed by atoms with Crippen LogP contribution in [0.1, 0.15) is 0 Å². The Morgan fingerprint density at radius 2 is 2.35 bits per heavy atom. The number of ether oxygens (including phenoxy) is 2.